The SMILES string of the molecule is CC[C@H]1O[C@@H](n2ccc3c(Cl)ncnc32)C2OC(C)(C)O[C@H]21. The van der Waals surface area contributed by atoms with Gasteiger partial charge in [0.2, 0.25) is 0 Å². The molecule has 2 saturated heterocycles. The Hall–Kier alpha value is -1.21. The maximum atomic E-state index is 6.17. The third-order valence-electron chi connectivity index (χ3n) is 4.26. The summed E-state index contributed by atoms with van der Waals surface area (Å²) in [6, 6.07) is 1.90. The first-order valence-electron chi connectivity index (χ1n) is 7.48. The lowest BCUT2D eigenvalue weighted by atomic mass is 10.1. The van der Waals surface area contributed by atoms with E-state index >= 15 is 0 Å². The number of aromatic nitrogens is 3. The molecule has 1 unspecified atom stereocenters. The van der Waals surface area contributed by atoms with Crippen molar-refractivity contribution < 1.29 is 14.2 Å². The summed E-state index contributed by atoms with van der Waals surface area (Å²) < 4.78 is 20.2. The van der Waals surface area contributed by atoms with E-state index in [0.717, 1.165) is 17.5 Å². The Morgan fingerprint density at radius 3 is 2.82 bits per heavy atom. The highest BCUT2D eigenvalue weighted by atomic mass is 35.5. The molecule has 4 heterocycles. The van der Waals surface area contributed by atoms with Crippen molar-refractivity contribution in [1.82, 2.24) is 14.5 Å². The first-order chi connectivity index (χ1) is 10.5. The first kappa shape index (κ1) is 14.4. The summed E-state index contributed by atoms with van der Waals surface area (Å²) in [6.07, 6.45) is 3.74. The zero-order chi connectivity index (χ0) is 15.5. The van der Waals surface area contributed by atoms with Gasteiger partial charge in [-0.25, -0.2) is 9.97 Å². The number of ether oxygens (including phenoxy) is 3. The van der Waals surface area contributed by atoms with E-state index in [2.05, 4.69) is 16.9 Å². The van der Waals surface area contributed by atoms with Gasteiger partial charge in [0, 0.05) is 6.20 Å². The second kappa shape index (κ2) is 4.89. The zero-order valence-electron chi connectivity index (χ0n) is 12.7. The van der Waals surface area contributed by atoms with Gasteiger partial charge in [0.05, 0.1) is 11.5 Å². The van der Waals surface area contributed by atoms with Gasteiger partial charge < -0.3 is 18.8 Å². The third kappa shape index (κ3) is 2.06. The van der Waals surface area contributed by atoms with Crippen molar-refractivity contribution in [2.24, 2.45) is 0 Å². The molecule has 2 aliphatic rings. The number of hydrogen-bond donors (Lipinski definition) is 0. The Morgan fingerprint density at radius 1 is 1.27 bits per heavy atom. The predicted octanol–water partition coefficient (Wildman–Crippen LogP) is 2.91. The van der Waals surface area contributed by atoms with Gasteiger partial charge in [-0.1, -0.05) is 18.5 Å². The van der Waals surface area contributed by atoms with Crippen LogP contribution in [0.25, 0.3) is 11.0 Å². The number of rotatable bonds is 2. The largest absolute Gasteiger partial charge is 0.349 e. The molecule has 118 valence electrons. The molecule has 7 heteroatoms. The van der Waals surface area contributed by atoms with Crippen molar-refractivity contribution in [3.63, 3.8) is 0 Å². The molecule has 0 aromatic carbocycles. The summed E-state index contributed by atoms with van der Waals surface area (Å²) in [5.74, 6) is -0.597. The van der Waals surface area contributed by atoms with Crippen molar-refractivity contribution in [2.75, 3.05) is 0 Å². The van der Waals surface area contributed by atoms with E-state index in [-0.39, 0.29) is 24.5 Å². The summed E-state index contributed by atoms with van der Waals surface area (Å²) in [7, 11) is 0. The van der Waals surface area contributed by atoms with E-state index in [9.17, 15) is 0 Å². The van der Waals surface area contributed by atoms with Crippen LogP contribution in [0.1, 0.15) is 33.4 Å². The van der Waals surface area contributed by atoms with Crippen molar-refractivity contribution >= 4 is 22.6 Å². The van der Waals surface area contributed by atoms with Gasteiger partial charge in [0.1, 0.15) is 29.3 Å². The fraction of sp³-hybridized carbons (Fsp3) is 0.600. The van der Waals surface area contributed by atoms with Gasteiger partial charge in [-0.3, -0.25) is 0 Å². The molecule has 0 N–H and O–H groups in total. The fourth-order valence-corrected chi connectivity index (χ4v) is 3.55. The molecule has 22 heavy (non-hydrogen) atoms. The molecule has 2 aromatic heterocycles. The monoisotopic (exact) mass is 323 g/mol. The third-order valence-corrected chi connectivity index (χ3v) is 4.56. The highest BCUT2D eigenvalue weighted by molar-refractivity contribution is 6.33. The van der Waals surface area contributed by atoms with E-state index in [4.69, 9.17) is 25.8 Å². The van der Waals surface area contributed by atoms with Crippen LogP contribution in [-0.2, 0) is 14.2 Å². The molecule has 0 spiro atoms. The molecule has 0 bridgehead atoms. The van der Waals surface area contributed by atoms with Crippen LogP contribution in [0.5, 0.6) is 0 Å². The van der Waals surface area contributed by atoms with Crippen LogP contribution in [0.15, 0.2) is 18.6 Å². The molecule has 0 amide bonds. The summed E-state index contributed by atoms with van der Waals surface area (Å²) in [5, 5.41) is 1.25. The van der Waals surface area contributed by atoms with Crippen LogP contribution in [-0.4, -0.2) is 38.6 Å². The summed E-state index contributed by atoms with van der Waals surface area (Å²) in [4.78, 5) is 8.35. The normalized spacial score (nSPS) is 33.5. The summed E-state index contributed by atoms with van der Waals surface area (Å²) in [5.41, 5.74) is 0.744. The van der Waals surface area contributed by atoms with Crippen LogP contribution in [0.4, 0.5) is 0 Å². The Balaban J connectivity index is 1.77. The average Bonchev–Trinajstić information content (AvgIpc) is 3.10. The van der Waals surface area contributed by atoms with Gasteiger partial charge in [-0.2, -0.15) is 0 Å². The minimum Gasteiger partial charge on any atom is -0.349 e. The van der Waals surface area contributed by atoms with Crippen molar-refractivity contribution in [3.8, 4) is 0 Å². The maximum Gasteiger partial charge on any atom is 0.164 e. The zero-order valence-corrected chi connectivity index (χ0v) is 13.4. The highest BCUT2D eigenvalue weighted by Crippen LogP contribution is 2.44. The van der Waals surface area contributed by atoms with E-state index in [0.29, 0.717) is 5.15 Å². The van der Waals surface area contributed by atoms with Crippen LogP contribution >= 0.6 is 11.6 Å². The highest BCUT2D eigenvalue weighted by Gasteiger charge is 2.55. The molecule has 0 radical (unpaired) electrons. The maximum absolute atomic E-state index is 6.17. The number of fused-ring (bicyclic) bond motifs is 2. The molecular weight excluding hydrogens is 306 g/mol. The number of halogens is 1. The van der Waals surface area contributed by atoms with Gasteiger partial charge in [0.15, 0.2) is 12.0 Å². The molecule has 4 atom stereocenters. The van der Waals surface area contributed by atoms with Gasteiger partial charge in [0.25, 0.3) is 0 Å². The Morgan fingerprint density at radius 2 is 2.05 bits per heavy atom. The Bertz CT molecular complexity index is 717. The Kier molecular flexibility index (Phi) is 3.20. The van der Waals surface area contributed by atoms with Gasteiger partial charge in [-0.05, 0) is 26.3 Å². The minimum atomic E-state index is -0.597. The van der Waals surface area contributed by atoms with E-state index in [1.807, 2.05) is 30.7 Å². The lowest BCUT2D eigenvalue weighted by molar-refractivity contribution is -0.196. The van der Waals surface area contributed by atoms with Gasteiger partial charge >= 0.3 is 0 Å². The topological polar surface area (TPSA) is 58.4 Å². The second-order valence-corrected chi connectivity index (χ2v) is 6.52. The van der Waals surface area contributed by atoms with Crippen LogP contribution in [0, 0.1) is 0 Å². The number of hydrogen-bond acceptors (Lipinski definition) is 5. The van der Waals surface area contributed by atoms with Crippen LogP contribution in [0.3, 0.4) is 0 Å². The molecule has 0 aliphatic carbocycles. The van der Waals surface area contributed by atoms with Crippen molar-refractivity contribution in [1.29, 1.82) is 0 Å². The van der Waals surface area contributed by atoms with E-state index in [1.165, 1.54) is 6.33 Å². The molecular formula is C15H18ClN3O3. The summed E-state index contributed by atoms with van der Waals surface area (Å²) in [6.45, 7) is 5.95. The predicted molar refractivity (Wildman–Crippen MR) is 80.6 cm³/mol. The van der Waals surface area contributed by atoms with Crippen molar-refractivity contribution in [2.45, 2.75) is 57.5 Å². The molecule has 0 saturated carbocycles. The summed E-state index contributed by atoms with van der Waals surface area (Å²) >= 11 is 6.13. The molecule has 4 rings (SSSR count). The number of nitrogens with zero attached hydrogens (tertiary/aromatic N) is 3. The quantitative estimate of drug-likeness (QED) is 0.795. The van der Waals surface area contributed by atoms with Crippen molar-refractivity contribution in [3.05, 3.63) is 23.7 Å². The molecule has 6 nitrogen and oxygen atoms in total. The minimum absolute atomic E-state index is 0.00605. The van der Waals surface area contributed by atoms with Crippen LogP contribution in [0.2, 0.25) is 5.15 Å². The van der Waals surface area contributed by atoms with E-state index in [1.54, 1.807) is 0 Å². The molecule has 2 fully saturated rings. The average molecular weight is 324 g/mol. The lowest BCUT2D eigenvalue weighted by Crippen LogP contribution is -2.28. The smallest absolute Gasteiger partial charge is 0.164 e. The molecule has 2 aromatic rings. The lowest BCUT2D eigenvalue weighted by Gasteiger charge is -2.24. The Labute approximate surface area is 133 Å². The van der Waals surface area contributed by atoms with E-state index < -0.39 is 5.79 Å². The second-order valence-electron chi connectivity index (χ2n) is 6.16. The standard InChI is InChI=1S/C15H18ClN3O3/c1-4-9-10-11(22-15(2,3)21-10)14(20-9)19-6-5-8-12(16)17-7-18-13(8)19/h5-7,9-11,14H,4H2,1-3H3/t9-,10+,11?,14-/m1/s1. The fourth-order valence-electron chi connectivity index (χ4n) is 3.36. The first-order valence-corrected chi connectivity index (χ1v) is 7.86. The van der Waals surface area contributed by atoms with Crippen LogP contribution < -0.4 is 0 Å². The van der Waals surface area contributed by atoms with Gasteiger partial charge in [-0.15, -0.1) is 0 Å². The molecule has 2 aliphatic heterocycles.